The molecular formula is C23H24F2N2O2. The molecule has 4 rings (SSSR count). The number of nitrogens with one attached hydrogen (secondary N) is 1. The fourth-order valence-corrected chi connectivity index (χ4v) is 4.38. The Morgan fingerprint density at radius 3 is 2.55 bits per heavy atom. The molecule has 2 aliphatic rings. The molecule has 1 atom stereocenters. The lowest BCUT2D eigenvalue weighted by Gasteiger charge is -2.33. The molecule has 1 saturated carbocycles. The van der Waals surface area contributed by atoms with Crippen molar-refractivity contribution in [1.29, 1.82) is 0 Å². The smallest absolute Gasteiger partial charge is 0.228 e. The van der Waals surface area contributed by atoms with Gasteiger partial charge in [0.15, 0.2) is 11.6 Å². The molecule has 1 aliphatic carbocycles. The number of benzene rings is 2. The number of halogens is 2. The van der Waals surface area contributed by atoms with E-state index in [4.69, 9.17) is 0 Å². The van der Waals surface area contributed by atoms with Crippen molar-refractivity contribution in [3.8, 4) is 0 Å². The summed E-state index contributed by atoms with van der Waals surface area (Å²) in [7, 11) is 0. The topological polar surface area (TPSA) is 49.4 Å². The number of aryl methyl sites for hydroxylation is 1. The largest absolute Gasteiger partial charge is 0.342 e. The van der Waals surface area contributed by atoms with E-state index in [-0.39, 0.29) is 28.8 Å². The average Bonchev–Trinajstić information content (AvgIpc) is 3.38. The zero-order valence-electron chi connectivity index (χ0n) is 16.4. The summed E-state index contributed by atoms with van der Waals surface area (Å²) in [5.41, 5.74) is 2.36. The SMILES string of the molecule is Cc1cccc(CC(=O)N2CCC3(CC2)CC3C(=O)Nc2ccc(F)c(F)c2)c1. The lowest BCUT2D eigenvalue weighted by Crippen LogP contribution is -2.41. The molecule has 0 radical (unpaired) electrons. The summed E-state index contributed by atoms with van der Waals surface area (Å²) in [5.74, 6) is -2.09. The van der Waals surface area contributed by atoms with Crippen LogP contribution in [0.4, 0.5) is 14.5 Å². The molecule has 4 nitrogen and oxygen atoms in total. The molecule has 1 unspecified atom stereocenters. The first-order chi connectivity index (χ1) is 13.9. The first kappa shape index (κ1) is 19.6. The molecule has 152 valence electrons. The van der Waals surface area contributed by atoms with Crippen LogP contribution in [0.5, 0.6) is 0 Å². The van der Waals surface area contributed by atoms with Crippen LogP contribution in [0.1, 0.15) is 30.4 Å². The van der Waals surface area contributed by atoms with Gasteiger partial charge < -0.3 is 10.2 Å². The van der Waals surface area contributed by atoms with Gasteiger partial charge in [0.05, 0.1) is 6.42 Å². The third-order valence-electron chi connectivity index (χ3n) is 6.24. The van der Waals surface area contributed by atoms with Crippen LogP contribution < -0.4 is 5.32 Å². The predicted molar refractivity (Wildman–Crippen MR) is 106 cm³/mol. The summed E-state index contributed by atoms with van der Waals surface area (Å²) in [6, 6.07) is 11.3. The Hall–Kier alpha value is -2.76. The van der Waals surface area contributed by atoms with Crippen molar-refractivity contribution < 1.29 is 18.4 Å². The zero-order chi connectivity index (χ0) is 20.6. The van der Waals surface area contributed by atoms with Crippen LogP contribution in [0.25, 0.3) is 0 Å². The Bertz CT molecular complexity index is 952. The Labute approximate surface area is 168 Å². The van der Waals surface area contributed by atoms with Gasteiger partial charge in [0.1, 0.15) is 0 Å². The molecule has 0 bridgehead atoms. The Kier molecular flexibility index (Phi) is 5.11. The van der Waals surface area contributed by atoms with Gasteiger partial charge in [-0.2, -0.15) is 0 Å². The van der Waals surface area contributed by atoms with Gasteiger partial charge in [-0.25, -0.2) is 8.78 Å². The van der Waals surface area contributed by atoms with Crippen molar-refractivity contribution in [3.05, 3.63) is 65.2 Å². The fourth-order valence-electron chi connectivity index (χ4n) is 4.38. The molecule has 6 heteroatoms. The standard InChI is InChI=1S/C23H24F2N2O2/c1-15-3-2-4-16(11-15)12-21(28)27-9-7-23(8-10-27)14-18(23)22(29)26-17-5-6-19(24)20(25)13-17/h2-6,11,13,18H,7-10,12,14H2,1H3,(H,26,29). The Morgan fingerprint density at radius 2 is 1.86 bits per heavy atom. The zero-order valence-corrected chi connectivity index (χ0v) is 16.4. The number of nitrogens with zero attached hydrogens (tertiary/aromatic N) is 1. The normalized spacial score (nSPS) is 19.8. The molecule has 0 aromatic heterocycles. The van der Waals surface area contributed by atoms with E-state index in [0.29, 0.717) is 19.5 Å². The number of piperidine rings is 1. The van der Waals surface area contributed by atoms with Crippen LogP contribution in [0.2, 0.25) is 0 Å². The highest BCUT2D eigenvalue weighted by molar-refractivity contribution is 5.95. The molecule has 2 amide bonds. The minimum atomic E-state index is -0.978. The summed E-state index contributed by atoms with van der Waals surface area (Å²) in [4.78, 5) is 27.0. The number of anilines is 1. The van der Waals surface area contributed by atoms with Gasteiger partial charge >= 0.3 is 0 Å². The summed E-state index contributed by atoms with van der Waals surface area (Å²) in [6.45, 7) is 3.32. The lowest BCUT2D eigenvalue weighted by atomic mass is 9.90. The monoisotopic (exact) mass is 398 g/mol. The van der Waals surface area contributed by atoms with Crippen LogP contribution in [-0.4, -0.2) is 29.8 Å². The van der Waals surface area contributed by atoms with Gasteiger partial charge in [0, 0.05) is 30.8 Å². The van der Waals surface area contributed by atoms with Crippen molar-refractivity contribution in [2.45, 2.75) is 32.6 Å². The van der Waals surface area contributed by atoms with Gasteiger partial charge in [-0.05, 0) is 49.3 Å². The highest BCUT2D eigenvalue weighted by Crippen LogP contribution is 2.59. The van der Waals surface area contributed by atoms with E-state index < -0.39 is 11.6 Å². The Morgan fingerprint density at radius 1 is 1.10 bits per heavy atom. The lowest BCUT2D eigenvalue weighted by molar-refractivity contribution is -0.132. The molecule has 2 aromatic rings. The minimum absolute atomic E-state index is 0.0667. The first-order valence-electron chi connectivity index (χ1n) is 9.96. The average molecular weight is 398 g/mol. The summed E-state index contributed by atoms with van der Waals surface area (Å²) < 4.78 is 26.4. The van der Waals surface area contributed by atoms with Crippen molar-refractivity contribution >= 4 is 17.5 Å². The second-order valence-electron chi connectivity index (χ2n) is 8.28. The number of rotatable bonds is 4. The van der Waals surface area contributed by atoms with Crippen molar-refractivity contribution in [3.63, 3.8) is 0 Å². The van der Waals surface area contributed by atoms with Gasteiger partial charge in [-0.15, -0.1) is 0 Å². The highest BCUT2D eigenvalue weighted by atomic mass is 19.2. The van der Waals surface area contributed by atoms with E-state index in [1.54, 1.807) is 0 Å². The van der Waals surface area contributed by atoms with Crippen LogP contribution in [0.15, 0.2) is 42.5 Å². The van der Waals surface area contributed by atoms with E-state index in [1.807, 2.05) is 36.1 Å². The van der Waals surface area contributed by atoms with Gasteiger partial charge in [0.25, 0.3) is 0 Å². The first-order valence-corrected chi connectivity index (χ1v) is 9.96. The van der Waals surface area contributed by atoms with E-state index in [1.165, 1.54) is 6.07 Å². The van der Waals surface area contributed by atoms with Gasteiger partial charge in [-0.3, -0.25) is 9.59 Å². The number of carbonyl (C=O) groups excluding carboxylic acids is 2. The molecule has 1 saturated heterocycles. The van der Waals surface area contributed by atoms with Crippen molar-refractivity contribution in [2.75, 3.05) is 18.4 Å². The van der Waals surface area contributed by atoms with Gasteiger partial charge in [-0.1, -0.05) is 29.8 Å². The summed E-state index contributed by atoms with van der Waals surface area (Å²) >= 11 is 0. The van der Waals surface area contributed by atoms with E-state index in [9.17, 15) is 18.4 Å². The second kappa shape index (κ2) is 7.58. The second-order valence-corrected chi connectivity index (χ2v) is 8.28. The summed E-state index contributed by atoms with van der Waals surface area (Å²) in [6.07, 6.45) is 2.77. The number of amides is 2. The van der Waals surface area contributed by atoms with E-state index >= 15 is 0 Å². The minimum Gasteiger partial charge on any atom is -0.342 e. The van der Waals surface area contributed by atoms with Crippen LogP contribution in [-0.2, 0) is 16.0 Å². The quantitative estimate of drug-likeness (QED) is 0.844. The molecule has 29 heavy (non-hydrogen) atoms. The Balaban J connectivity index is 1.30. The number of likely N-dealkylation sites (tertiary alicyclic amines) is 1. The molecule has 1 aliphatic heterocycles. The van der Waals surface area contributed by atoms with Crippen LogP contribution >= 0.6 is 0 Å². The highest BCUT2D eigenvalue weighted by Gasteiger charge is 2.58. The number of hydrogen-bond acceptors (Lipinski definition) is 2. The fraction of sp³-hybridized carbons (Fsp3) is 0.391. The van der Waals surface area contributed by atoms with Gasteiger partial charge in [0.2, 0.25) is 11.8 Å². The molecule has 2 fully saturated rings. The summed E-state index contributed by atoms with van der Waals surface area (Å²) in [5, 5.41) is 2.69. The maximum atomic E-state index is 13.3. The molecular weight excluding hydrogens is 374 g/mol. The van der Waals surface area contributed by atoms with Crippen molar-refractivity contribution in [2.24, 2.45) is 11.3 Å². The molecule has 1 heterocycles. The maximum absolute atomic E-state index is 13.3. The molecule has 1 spiro atoms. The molecule has 1 N–H and O–H groups in total. The molecule has 2 aromatic carbocycles. The third kappa shape index (κ3) is 4.16. The van der Waals surface area contributed by atoms with E-state index in [2.05, 4.69) is 5.32 Å². The predicted octanol–water partition coefficient (Wildman–Crippen LogP) is 4.08. The maximum Gasteiger partial charge on any atom is 0.228 e. The van der Waals surface area contributed by atoms with Crippen molar-refractivity contribution in [1.82, 2.24) is 4.90 Å². The third-order valence-corrected chi connectivity index (χ3v) is 6.24. The number of hydrogen-bond donors (Lipinski definition) is 1. The van der Waals surface area contributed by atoms with Crippen LogP contribution in [0, 0.1) is 29.9 Å². The van der Waals surface area contributed by atoms with Crippen LogP contribution in [0.3, 0.4) is 0 Å². The van der Waals surface area contributed by atoms with E-state index in [0.717, 1.165) is 42.5 Å². The number of carbonyl (C=O) groups is 2.